The summed E-state index contributed by atoms with van der Waals surface area (Å²) in [6.07, 6.45) is -4.73. The van der Waals surface area contributed by atoms with Gasteiger partial charge in [-0.05, 0) is 12.1 Å². The number of carbonyl (C=O) groups excluding carboxylic acids is 2. The average Bonchev–Trinajstić information content (AvgIpc) is 2.60. The highest BCUT2D eigenvalue weighted by Crippen LogP contribution is 2.48. The Balaban J connectivity index is 2.76. The molecule has 0 N–H and O–H groups in total. The molecule has 1 aromatic carbocycles. The van der Waals surface area contributed by atoms with Gasteiger partial charge in [0, 0.05) is 17.2 Å². The molecule has 0 aliphatic heterocycles. The van der Waals surface area contributed by atoms with Crippen molar-refractivity contribution in [3.05, 3.63) is 39.4 Å². The summed E-state index contributed by atoms with van der Waals surface area (Å²) in [5.74, 6) is -22.4. The first-order valence-corrected chi connectivity index (χ1v) is 8.29. The number of alkyl halides is 8. The molecule has 30 heavy (non-hydrogen) atoms. The maximum Gasteiger partial charge on any atom is 0.381 e. The highest BCUT2D eigenvalue weighted by Gasteiger charge is 2.75. The van der Waals surface area contributed by atoms with Gasteiger partial charge in [-0.3, -0.25) is 0 Å². The van der Waals surface area contributed by atoms with Crippen molar-refractivity contribution >= 4 is 46.7 Å². The molecule has 0 saturated carbocycles. The van der Waals surface area contributed by atoms with E-state index in [0.717, 1.165) is 12.1 Å². The molecule has 0 aliphatic rings. The van der Waals surface area contributed by atoms with Crippen LogP contribution in [0.1, 0.15) is 0 Å². The van der Waals surface area contributed by atoms with E-state index in [1.165, 1.54) is 0 Å². The molecule has 0 amide bonds. The Morgan fingerprint density at radius 2 is 1.40 bits per heavy atom. The van der Waals surface area contributed by atoms with E-state index < -0.39 is 48.5 Å². The lowest BCUT2D eigenvalue weighted by molar-refractivity contribution is -0.344. The quantitative estimate of drug-likeness (QED) is 0.192. The molecule has 0 atom stereocenters. The molecule has 0 bridgehead atoms. The van der Waals surface area contributed by atoms with Gasteiger partial charge >= 0.3 is 36.1 Å². The number of rotatable bonds is 8. The van der Waals surface area contributed by atoms with Crippen molar-refractivity contribution in [2.24, 2.45) is 0 Å². The highest BCUT2D eigenvalue weighted by atomic mass is 35.5. The number of esters is 2. The van der Waals surface area contributed by atoms with Crippen LogP contribution >= 0.6 is 34.8 Å². The molecule has 4 nitrogen and oxygen atoms in total. The molecule has 0 saturated heterocycles. The second-order valence-corrected chi connectivity index (χ2v) is 6.51. The summed E-state index contributed by atoms with van der Waals surface area (Å²) in [5, 5.41) is -0.364. The van der Waals surface area contributed by atoms with Crippen LogP contribution in [-0.4, -0.2) is 42.7 Å². The normalized spacial score (nSPS) is 13.1. The van der Waals surface area contributed by atoms with Crippen molar-refractivity contribution in [1.29, 1.82) is 0 Å². The van der Waals surface area contributed by atoms with E-state index >= 15 is 0 Å². The zero-order chi connectivity index (χ0) is 23.5. The second kappa shape index (κ2) is 9.56. The van der Waals surface area contributed by atoms with Gasteiger partial charge < -0.3 is 9.47 Å². The number of halogens is 11. The maximum absolute atomic E-state index is 13.2. The van der Waals surface area contributed by atoms with Gasteiger partial charge in [0.2, 0.25) is 0 Å². The molecular formula is C15H7Cl3F8O4. The fourth-order valence-electron chi connectivity index (χ4n) is 1.58. The Morgan fingerprint density at radius 1 is 0.933 bits per heavy atom. The number of carbonyl (C=O) groups is 2. The monoisotopic (exact) mass is 508 g/mol. The summed E-state index contributed by atoms with van der Waals surface area (Å²) in [5.41, 5.74) is 0. The van der Waals surface area contributed by atoms with Crippen LogP contribution in [0.4, 0.5) is 35.1 Å². The van der Waals surface area contributed by atoms with Crippen LogP contribution in [0.15, 0.2) is 24.3 Å². The molecule has 1 rings (SSSR count). The van der Waals surface area contributed by atoms with Crippen molar-refractivity contribution in [3.63, 3.8) is 0 Å². The predicted molar refractivity (Wildman–Crippen MR) is 88.1 cm³/mol. The van der Waals surface area contributed by atoms with Crippen molar-refractivity contribution in [1.82, 2.24) is 0 Å². The highest BCUT2D eigenvalue weighted by molar-refractivity contribution is 6.40. The molecule has 0 aliphatic carbocycles. The van der Waals surface area contributed by atoms with Crippen LogP contribution in [-0.2, 0) is 14.3 Å². The van der Waals surface area contributed by atoms with Crippen molar-refractivity contribution in [3.8, 4) is 5.75 Å². The third kappa shape index (κ3) is 5.88. The van der Waals surface area contributed by atoms with Gasteiger partial charge in [0.1, 0.15) is 0 Å². The second-order valence-electron chi connectivity index (χ2n) is 5.26. The molecule has 0 radical (unpaired) electrons. The standard InChI is InChI=1S/C15H7Cl3F8O4/c16-6-3-7(17)11(8(18)4-6)30-10(28)2-1-9(27)29-5-13(21,22)15(25,26)14(23,24)12(19)20/h1-4,12H,5H2/b2-1+. The van der Waals surface area contributed by atoms with Gasteiger partial charge in [-0.2, -0.15) is 26.3 Å². The SMILES string of the molecule is O=C(/C=C/C(=O)Oc1c(Cl)cc(Cl)cc1Cl)OCC(F)(F)C(F)(F)C(F)(F)C(F)F. The lowest BCUT2D eigenvalue weighted by Gasteiger charge is -2.31. The third-order valence-corrected chi connectivity index (χ3v) is 3.85. The van der Waals surface area contributed by atoms with Crippen molar-refractivity contribution in [2.45, 2.75) is 24.2 Å². The third-order valence-electron chi connectivity index (χ3n) is 3.07. The Bertz CT molecular complexity index is 822. The van der Waals surface area contributed by atoms with E-state index in [9.17, 15) is 44.7 Å². The smallest absolute Gasteiger partial charge is 0.381 e. The fraction of sp³-hybridized carbons (Fsp3) is 0.333. The molecule has 0 aromatic heterocycles. The average molecular weight is 510 g/mol. The van der Waals surface area contributed by atoms with E-state index in [1.54, 1.807) is 0 Å². The fourth-order valence-corrected chi connectivity index (χ4v) is 2.47. The van der Waals surface area contributed by atoms with Crippen molar-refractivity contribution in [2.75, 3.05) is 6.61 Å². The Morgan fingerprint density at radius 3 is 1.87 bits per heavy atom. The van der Waals surface area contributed by atoms with Gasteiger partial charge in [-0.1, -0.05) is 34.8 Å². The van der Waals surface area contributed by atoms with Gasteiger partial charge in [0.25, 0.3) is 0 Å². The lowest BCUT2D eigenvalue weighted by Crippen LogP contribution is -2.59. The molecule has 0 heterocycles. The van der Waals surface area contributed by atoms with E-state index in [-0.39, 0.29) is 27.2 Å². The number of benzene rings is 1. The lowest BCUT2D eigenvalue weighted by atomic mass is 10.1. The van der Waals surface area contributed by atoms with Crippen LogP contribution < -0.4 is 4.74 Å². The molecule has 0 fully saturated rings. The topological polar surface area (TPSA) is 52.6 Å². The zero-order valence-corrected chi connectivity index (χ0v) is 16.2. The van der Waals surface area contributed by atoms with Crippen LogP contribution in [0.3, 0.4) is 0 Å². The predicted octanol–water partition coefficient (Wildman–Crippen LogP) is 5.82. The number of hydrogen-bond acceptors (Lipinski definition) is 4. The van der Waals surface area contributed by atoms with Crippen LogP contribution in [0, 0.1) is 0 Å². The Hall–Kier alpha value is -1.79. The van der Waals surface area contributed by atoms with Gasteiger partial charge in [0.15, 0.2) is 12.4 Å². The maximum atomic E-state index is 13.2. The van der Waals surface area contributed by atoms with E-state index in [0.29, 0.717) is 0 Å². The van der Waals surface area contributed by atoms with Gasteiger partial charge in [-0.15, -0.1) is 0 Å². The van der Waals surface area contributed by atoms with E-state index in [4.69, 9.17) is 34.8 Å². The first-order valence-electron chi connectivity index (χ1n) is 7.15. The first-order chi connectivity index (χ1) is 13.5. The Labute approximate surface area is 177 Å². The summed E-state index contributed by atoms with van der Waals surface area (Å²) < 4.78 is 110. The van der Waals surface area contributed by atoms with Crippen LogP contribution in [0.5, 0.6) is 5.75 Å². The van der Waals surface area contributed by atoms with Gasteiger partial charge in [0.05, 0.1) is 10.0 Å². The minimum absolute atomic E-state index is 0.0825. The molecule has 168 valence electrons. The summed E-state index contributed by atoms with van der Waals surface area (Å²) in [4.78, 5) is 22.8. The summed E-state index contributed by atoms with van der Waals surface area (Å²) in [6.45, 7) is -2.69. The number of hydrogen-bond donors (Lipinski definition) is 0. The summed E-state index contributed by atoms with van der Waals surface area (Å²) >= 11 is 17.0. The number of ether oxygens (including phenoxy) is 2. The molecule has 1 aromatic rings. The molecular weight excluding hydrogens is 503 g/mol. The van der Waals surface area contributed by atoms with Crippen LogP contribution in [0.2, 0.25) is 15.1 Å². The van der Waals surface area contributed by atoms with Crippen LogP contribution in [0.25, 0.3) is 0 Å². The minimum atomic E-state index is -6.54. The van der Waals surface area contributed by atoms with Crippen molar-refractivity contribution < 1.29 is 54.2 Å². The minimum Gasteiger partial charge on any atom is -0.456 e. The largest absolute Gasteiger partial charge is 0.456 e. The zero-order valence-electron chi connectivity index (χ0n) is 13.9. The molecule has 0 unspecified atom stereocenters. The molecule has 0 spiro atoms. The van der Waals surface area contributed by atoms with Gasteiger partial charge in [-0.25, -0.2) is 18.4 Å². The van der Waals surface area contributed by atoms with E-state index in [2.05, 4.69) is 9.47 Å². The first kappa shape index (κ1) is 26.2. The summed E-state index contributed by atoms with van der Waals surface area (Å²) in [6, 6.07) is 2.26. The Kier molecular flexibility index (Phi) is 8.37. The molecule has 15 heteroatoms. The summed E-state index contributed by atoms with van der Waals surface area (Å²) in [7, 11) is 0. The van der Waals surface area contributed by atoms with E-state index in [1.807, 2.05) is 0 Å².